The maximum Gasteiger partial charge on any atom is 0.228 e. The fourth-order valence-corrected chi connectivity index (χ4v) is 4.01. The van der Waals surface area contributed by atoms with Gasteiger partial charge in [-0.3, -0.25) is 19.8 Å². The predicted molar refractivity (Wildman–Crippen MR) is 153 cm³/mol. The van der Waals surface area contributed by atoms with E-state index in [-0.39, 0.29) is 17.5 Å². The number of ether oxygens (including phenoxy) is 1. The summed E-state index contributed by atoms with van der Waals surface area (Å²) in [5.74, 6) is -0.0472. The average molecular weight is 526 g/mol. The van der Waals surface area contributed by atoms with Gasteiger partial charge in [-0.15, -0.1) is 0 Å². The average Bonchev–Trinajstić information content (AvgIpc) is 2.89. The fraction of sp³-hybridized carbons (Fsp3) is 0.226. The first kappa shape index (κ1) is 27.4. The van der Waals surface area contributed by atoms with E-state index in [9.17, 15) is 4.79 Å². The third-order valence-electron chi connectivity index (χ3n) is 5.99. The first-order valence-corrected chi connectivity index (χ1v) is 12.6. The third kappa shape index (κ3) is 6.84. The number of fused-ring (bicyclic) bond motifs is 1. The van der Waals surface area contributed by atoms with Gasteiger partial charge in [-0.1, -0.05) is 12.1 Å². The normalized spacial score (nSPS) is 12.2. The first-order chi connectivity index (χ1) is 18.5. The van der Waals surface area contributed by atoms with Gasteiger partial charge in [-0.05, 0) is 81.6 Å². The third-order valence-corrected chi connectivity index (χ3v) is 5.99. The summed E-state index contributed by atoms with van der Waals surface area (Å²) in [6, 6.07) is 14.5. The Morgan fingerprint density at radius 1 is 1.08 bits per heavy atom. The largest absolute Gasteiger partial charge is 0.456 e. The minimum absolute atomic E-state index is 0.167. The molecule has 1 amide bonds. The number of aryl methyl sites for hydroxylation is 2. The van der Waals surface area contributed by atoms with Crippen molar-refractivity contribution in [1.29, 1.82) is 0 Å². The van der Waals surface area contributed by atoms with Gasteiger partial charge in [0.2, 0.25) is 5.91 Å². The summed E-state index contributed by atoms with van der Waals surface area (Å²) in [5.41, 5.74) is 10.2. The summed E-state index contributed by atoms with van der Waals surface area (Å²) in [4.78, 5) is 25.7. The summed E-state index contributed by atoms with van der Waals surface area (Å²) >= 11 is 0. The van der Waals surface area contributed by atoms with Crippen LogP contribution in [0.5, 0.6) is 11.5 Å². The lowest BCUT2D eigenvalue weighted by Gasteiger charge is -2.14. The molecule has 0 aliphatic rings. The van der Waals surface area contributed by atoms with Gasteiger partial charge in [-0.25, -0.2) is 4.39 Å². The number of allylic oxidation sites excluding steroid dienone is 1. The molecule has 39 heavy (non-hydrogen) atoms. The second-order valence-corrected chi connectivity index (χ2v) is 10.3. The van der Waals surface area contributed by atoms with Crippen LogP contribution >= 0.6 is 0 Å². The first-order valence-electron chi connectivity index (χ1n) is 12.6. The molecule has 2 aromatic carbocycles. The summed E-state index contributed by atoms with van der Waals surface area (Å²) in [6.07, 6.45) is 6.00. The number of hydrogen-bond acceptors (Lipinski definition) is 6. The van der Waals surface area contributed by atoms with Crippen molar-refractivity contribution in [1.82, 2.24) is 15.3 Å². The van der Waals surface area contributed by atoms with Crippen molar-refractivity contribution >= 4 is 23.0 Å². The SMILES string of the molecule is Cc1cc(CC(=O)N/C(C=NC(C)(C)C)=C/N)c(F)cc1Oc1ccnc2ccc(-c3cccnc3C)cc12. The number of nitrogens with zero attached hydrogens (tertiary/aromatic N) is 3. The number of carbonyl (C=O) groups excluding carboxylic acids is 1. The van der Waals surface area contributed by atoms with Crippen LogP contribution in [0.4, 0.5) is 4.39 Å². The molecular formula is C31H32FN5O2. The minimum Gasteiger partial charge on any atom is -0.456 e. The number of hydrogen-bond donors (Lipinski definition) is 2. The van der Waals surface area contributed by atoms with Crippen molar-refractivity contribution in [3.63, 3.8) is 0 Å². The fourth-order valence-electron chi connectivity index (χ4n) is 4.01. The number of amides is 1. The quantitative estimate of drug-likeness (QED) is 0.281. The van der Waals surface area contributed by atoms with E-state index in [4.69, 9.17) is 10.5 Å². The maximum atomic E-state index is 15.1. The van der Waals surface area contributed by atoms with E-state index in [0.29, 0.717) is 22.8 Å². The molecule has 4 aromatic rings. The highest BCUT2D eigenvalue weighted by atomic mass is 19.1. The molecule has 200 valence electrons. The second kappa shape index (κ2) is 11.4. The lowest BCUT2D eigenvalue weighted by atomic mass is 10.0. The Labute approximate surface area is 227 Å². The zero-order chi connectivity index (χ0) is 28.2. The predicted octanol–water partition coefficient (Wildman–Crippen LogP) is 6.17. The van der Waals surface area contributed by atoms with Crippen LogP contribution in [-0.4, -0.2) is 27.6 Å². The summed E-state index contributed by atoms with van der Waals surface area (Å²) in [5, 5.41) is 3.46. The molecule has 0 radical (unpaired) electrons. The lowest BCUT2D eigenvalue weighted by molar-refractivity contribution is -0.119. The standard InChI is InChI=1S/C31H32FN5O2/c1-19-13-22(15-30(38)37-23(17-33)18-36-31(3,4)5)26(32)16-29(19)39-28-10-12-35-27-9-8-21(14-25(27)28)24-7-6-11-34-20(24)2/h6-14,16-18H,15,33H2,1-5H3,(H,37,38)/b23-17+,36-18?. The van der Waals surface area contributed by atoms with Gasteiger partial charge in [0.25, 0.3) is 0 Å². The molecular weight excluding hydrogens is 493 g/mol. The van der Waals surface area contributed by atoms with E-state index >= 15 is 4.39 Å². The van der Waals surface area contributed by atoms with Crippen molar-refractivity contribution in [2.45, 2.75) is 46.6 Å². The Kier molecular flexibility index (Phi) is 8.04. The van der Waals surface area contributed by atoms with Crippen LogP contribution < -0.4 is 15.8 Å². The number of pyridine rings is 2. The number of rotatable bonds is 7. The molecule has 0 aliphatic carbocycles. The van der Waals surface area contributed by atoms with E-state index in [1.54, 1.807) is 24.5 Å². The Hall–Kier alpha value is -4.59. The number of aliphatic imine (C=N–C) groups is 1. The van der Waals surface area contributed by atoms with E-state index in [1.165, 1.54) is 18.5 Å². The number of aromatic nitrogens is 2. The molecule has 0 unspecified atom stereocenters. The molecule has 0 fully saturated rings. The van der Waals surface area contributed by atoms with Gasteiger partial charge in [0.1, 0.15) is 17.3 Å². The molecule has 0 bridgehead atoms. The van der Waals surface area contributed by atoms with E-state index in [1.807, 2.05) is 65.0 Å². The van der Waals surface area contributed by atoms with Crippen molar-refractivity contribution in [3.05, 3.63) is 95.5 Å². The van der Waals surface area contributed by atoms with Gasteiger partial charge >= 0.3 is 0 Å². The Balaban J connectivity index is 1.56. The highest BCUT2D eigenvalue weighted by Gasteiger charge is 2.15. The number of nitrogens with two attached hydrogens (primary N) is 1. The van der Waals surface area contributed by atoms with Crippen molar-refractivity contribution < 1.29 is 13.9 Å². The van der Waals surface area contributed by atoms with Crippen molar-refractivity contribution in [2.24, 2.45) is 10.7 Å². The summed E-state index contributed by atoms with van der Waals surface area (Å²) in [7, 11) is 0. The molecule has 8 heteroatoms. The zero-order valence-electron chi connectivity index (χ0n) is 22.7. The summed E-state index contributed by atoms with van der Waals surface area (Å²) in [6.45, 7) is 9.55. The molecule has 2 aromatic heterocycles. The van der Waals surface area contributed by atoms with Gasteiger partial charge in [0, 0.05) is 47.5 Å². The van der Waals surface area contributed by atoms with E-state index in [2.05, 4.69) is 20.3 Å². The second-order valence-electron chi connectivity index (χ2n) is 10.3. The molecule has 0 aliphatic heterocycles. The smallest absolute Gasteiger partial charge is 0.228 e. The topological polar surface area (TPSA) is 102 Å². The molecule has 2 heterocycles. The molecule has 0 spiro atoms. The van der Waals surface area contributed by atoms with Crippen LogP contribution in [-0.2, 0) is 11.2 Å². The Bertz CT molecular complexity index is 1590. The van der Waals surface area contributed by atoms with Gasteiger partial charge < -0.3 is 15.8 Å². The molecule has 3 N–H and O–H groups in total. The van der Waals surface area contributed by atoms with Crippen LogP contribution in [0.3, 0.4) is 0 Å². The number of carbonyl (C=O) groups is 1. The minimum atomic E-state index is -0.544. The number of benzene rings is 2. The van der Waals surface area contributed by atoms with Gasteiger partial charge in [-0.2, -0.15) is 0 Å². The lowest BCUT2D eigenvalue weighted by Crippen LogP contribution is -2.27. The molecule has 0 saturated carbocycles. The molecule has 4 rings (SSSR count). The van der Waals surface area contributed by atoms with Crippen LogP contribution in [0, 0.1) is 19.7 Å². The monoisotopic (exact) mass is 525 g/mol. The van der Waals surface area contributed by atoms with E-state index < -0.39 is 11.7 Å². The zero-order valence-corrected chi connectivity index (χ0v) is 22.7. The van der Waals surface area contributed by atoms with Crippen LogP contribution in [0.15, 0.2) is 77.8 Å². The Morgan fingerprint density at radius 3 is 2.59 bits per heavy atom. The molecule has 7 nitrogen and oxygen atoms in total. The molecule has 0 atom stereocenters. The van der Waals surface area contributed by atoms with Gasteiger partial charge in [0.15, 0.2) is 0 Å². The highest BCUT2D eigenvalue weighted by Crippen LogP contribution is 2.34. The highest BCUT2D eigenvalue weighted by molar-refractivity contribution is 5.90. The molecule has 0 saturated heterocycles. The van der Waals surface area contributed by atoms with Gasteiger partial charge in [0.05, 0.1) is 23.2 Å². The number of halogens is 1. The van der Waals surface area contributed by atoms with Crippen LogP contribution in [0.1, 0.15) is 37.6 Å². The van der Waals surface area contributed by atoms with E-state index in [0.717, 1.165) is 27.7 Å². The number of nitrogens with one attached hydrogen (secondary N) is 1. The maximum absolute atomic E-state index is 15.1. The van der Waals surface area contributed by atoms with Crippen molar-refractivity contribution in [3.8, 4) is 22.6 Å². The van der Waals surface area contributed by atoms with Crippen LogP contribution in [0.25, 0.3) is 22.0 Å². The Morgan fingerprint density at radius 2 is 1.87 bits per heavy atom. The van der Waals surface area contributed by atoms with Crippen LogP contribution in [0.2, 0.25) is 0 Å². The van der Waals surface area contributed by atoms with Crippen molar-refractivity contribution in [2.75, 3.05) is 0 Å². The summed E-state index contributed by atoms with van der Waals surface area (Å²) < 4.78 is 21.3.